The molecule has 0 saturated heterocycles. The summed E-state index contributed by atoms with van der Waals surface area (Å²) in [6, 6.07) is 10.3. The van der Waals surface area contributed by atoms with E-state index < -0.39 is 0 Å². The number of aromatic nitrogens is 3. The topological polar surface area (TPSA) is 67.8 Å². The minimum Gasteiger partial charge on any atom is -0.348 e. The smallest absolute Gasteiger partial charge is 0.270 e. The maximum Gasteiger partial charge on any atom is 0.270 e. The van der Waals surface area contributed by atoms with Crippen molar-refractivity contribution in [1.82, 2.24) is 20.3 Å². The van der Waals surface area contributed by atoms with Crippen molar-refractivity contribution >= 4 is 17.2 Å². The maximum atomic E-state index is 12.3. The molecule has 1 amide bonds. The molecule has 1 aromatic carbocycles. The Labute approximate surface area is 144 Å². The highest BCUT2D eigenvalue weighted by Crippen LogP contribution is 2.20. The van der Waals surface area contributed by atoms with Crippen molar-refractivity contribution in [3.8, 4) is 10.7 Å². The monoisotopic (exact) mass is 338 g/mol. The van der Waals surface area contributed by atoms with Crippen molar-refractivity contribution in [2.24, 2.45) is 0 Å². The summed E-state index contributed by atoms with van der Waals surface area (Å²) in [6.45, 7) is 2.01. The Kier molecular flexibility index (Phi) is 5.28. The molecule has 0 aliphatic heterocycles. The molecule has 0 saturated carbocycles. The Morgan fingerprint density at radius 1 is 1.25 bits per heavy atom. The summed E-state index contributed by atoms with van der Waals surface area (Å²) in [5.41, 5.74) is 2.38. The second kappa shape index (κ2) is 7.79. The van der Waals surface area contributed by atoms with E-state index in [4.69, 9.17) is 0 Å². The van der Waals surface area contributed by atoms with Crippen molar-refractivity contribution in [3.05, 3.63) is 65.6 Å². The van der Waals surface area contributed by atoms with Gasteiger partial charge in [-0.25, -0.2) is 4.98 Å². The molecule has 6 heteroatoms. The average molecular weight is 338 g/mol. The number of nitrogens with one attached hydrogen (secondary N) is 1. The van der Waals surface area contributed by atoms with Gasteiger partial charge in [0.15, 0.2) is 0 Å². The first-order valence-corrected chi connectivity index (χ1v) is 8.67. The lowest BCUT2D eigenvalue weighted by atomic mass is 10.1. The van der Waals surface area contributed by atoms with E-state index in [0.29, 0.717) is 16.4 Å². The first kappa shape index (κ1) is 16.3. The lowest BCUT2D eigenvalue weighted by Gasteiger charge is -2.12. The molecule has 24 heavy (non-hydrogen) atoms. The summed E-state index contributed by atoms with van der Waals surface area (Å²) < 4.78 is 0. The fourth-order valence-corrected chi connectivity index (χ4v) is 3.06. The van der Waals surface area contributed by atoms with E-state index in [-0.39, 0.29) is 11.9 Å². The van der Waals surface area contributed by atoms with E-state index in [1.54, 1.807) is 24.0 Å². The van der Waals surface area contributed by atoms with Crippen molar-refractivity contribution in [1.29, 1.82) is 0 Å². The summed E-state index contributed by atoms with van der Waals surface area (Å²) in [7, 11) is 0. The molecular weight excluding hydrogens is 320 g/mol. The number of benzene rings is 1. The van der Waals surface area contributed by atoms with Crippen LogP contribution in [0.3, 0.4) is 0 Å². The summed E-state index contributed by atoms with van der Waals surface area (Å²) in [5.74, 6) is -0.151. The highest BCUT2D eigenvalue weighted by Gasteiger charge is 2.14. The Balaban J connectivity index is 1.56. The molecule has 3 rings (SSSR count). The van der Waals surface area contributed by atoms with Gasteiger partial charge in [-0.3, -0.25) is 14.8 Å². The molecule has 1 atom stereocenters. The first-order chi connectivity index (χ1) is 11.7. The third-order valence-corrected chi connectivity index (χ3v) is 4.47. The second-order valence-corrected chi connectivity index (χ2v) is 6.39. The first-order valence-electron chi connectivity index (χ1n) is 7.79. The molecule has 2 aromatic heterocycles. The number of amides is 1. The van der Waals surface area contributed by atoms with Gasteiger partial charge >= 0.3 is 0 Å². The van der Waals surface area contributed by atoms with E-state index in [0.717, 1.165) is 12.8 Å². The van der Waals surface area contributed by atoms with E-state index in [2.05, 4.69) is 32.4 Å². The van der Waals surface area contributed by atoms with Crippen molar-refractivity contribution in [3.63, 3.8) is 0 Å². The van der Waals surface area contributed by atoms with Crippen LogP contribution in [-0.2, 0) is 6.42 Å². The van der Waals surface area contributed by atoms with Crippen LogP contribution in [0.1, 0.15) is 29.4 Å². The second-order valence-electron chi connectivity index (χ2n) is 5.53. The van der Waals surface area contributed by atoms with Crippen LogP contribution in [0.25, 0.3) is 10.7 Å². The van der Waals surface area contributed by atoms with Gasteiger partial charge in [-0.15, -0.1) is 11.3 Å². The quantitative estimate of drug-likeness (QED) is 0.748. The van der Waals surface area contributed by atoms with Crippen LogP contribution in [0, 0.1) is 0 Å². The van der Waals surface area contributed by atoms with Crippen molar-refractivity contribution in [2.45, 2.75) is 25.8 Å². The number of carbonyl (C=O) groups is 1. The molecule has 0 radical (unpaired) electrons. The Morgan fingerprint density at radius 2 is 2.08 bits per heavy atom. The van der Waals surface area contributed by atoms with Crippen LogP contribution in [0.2, 0.25) is 0 Å². The molecule has 1 unspecified atom stereocenters. The Morgan fingerprint density at radius 3 is 2.83 bits per heavy atom. The third-order valence-electron chi connectivity index (χ3n) is 3.61. The summed E-state index contributed by atoms with van der Waals surface area (Å²) in [6.07, 6.45) is 6.69. The zero-order chi connectivity index (χ0) is 16.8. The average Bonchev–Trinajstić information content (AvgIpc) is 3.12. The van der Waals surface area contributed by atoms with Crippen molar-refractivity contribution < 1.29 is 4.79 Å². The number of aryl methyl sites for hydroxylation is 1. The van der Waals surface area contributed by atoms with Crippen LogP contribution in [-0.4, -0.2) is 26.9 Å². The minimum absolute atomic E-state index is 0.0828. The van der Waals surface area contributed by atoms with Gasteiger partial charge in [0.05, 0.1) is 6.20 Å². The molecule has 5 nitrogen and oxygen atoms in total. The number of rotatable bonds is 6. The number of hydrogen-bond acceptors (Lipinski definition) is 5. The van der Waals surface area contributed by atoms with Crippen LogP contribution in [0.5, 0.6) is 0 Å². The number of carbonyl (C=O) groups excluding carboxylic acids is 1. The number of hydrogen-bond donors (Lipinski definition) is 1. The molecule has 0 fully saturated rings. The molecule has 3 aromatic rings. The molecule has 2 heterocycles. The summed E-state index contributed by atoms with van der Waals surface area (Å²) in [4.78, 5) is 24.9. The normalized spacial score (nSPS) is 11.9. The standard InChI is InChI=1S/C18H18N4OS/c1-13(7-8-14-5-3-2-4-6-14)21-17(23)16-12-24-18(22-16)15-11-19-9-10-20-15/h2-6,9-13H,7-8H2,1H3,(H,21,23). The van der Waals surface area contributed by atoms with Crippen LogP contribution >= 0.6 is 11.3 Å². The van der Waals surface area contributed by atoms with E-state index >= 15 is 0 Å². The highest BCUT2D eigenvalue weighted by atomic mass is 32.1. The van der Waals surface area contributed by atoms with E-state index in [9.17, 15) is 4.79 Å². The predicted molar refractivity (Wildman–Crippen MR) is 94.8 cm³/mol. The molecule has 1 N–H and O–H groups in total. The minimum atomic E-state index is -0.151. The number of thiazole rings is 1. The zero-order valence-electron chi connectivity index (χ0n) is 13.3. The highest BCUT2D eigenvalue weighted by molar-refractivity contribution is 7.13. The predicted octanol–water partition coefficient (Wildman–Crippen LogP) is 3.35. The number of nitrogens with zero attached hydrogens (tertiary/aromatic N) is 3. The lowest BCUT2D eigenvalue weighted by Crippen LogP contribution is -2.33. The molecule has 0 spiro atoms. The van der Waals surface area contributed by atoms with Crippen LogP contribution in [0.4, 0.5) is 0 Å². The van der Waals surface area contributed by atoms with E-state index in [1.165, 1.54) is 16.9 Å². The maximum absolute atomic E-state index is 12.3. The van der Waals surface area contributed by atoms with Crippen LogP contribution < -0.4 is 5.32 Å². The van der Waals surface area contributed by atoms with Gasteiger partial charge in [0, 0.05) is 23.8 Å². The van der Waals surface area contributed by atoms with Gasteiger partial charge in [-0.2, -0.15) is 0 Å². The van der Waals surface area contributed by atoms with Gasteiger partial charge in [0.2, 0.25) is 0 Å². The van der Waals surface area contributed by atoms with Gasteiger partial charge in [-0.05, 0) is 25.3 Å². The Bertz CT molecular complexity index is 789. The van der Waals surface area contributed by atoms with E-state index in [1.807, 2.05) is 25.1 Å². The van der Waals surface area contributed by atoms with Gasteiger partial charge in [0.1, 0.15) is 16.4 Å². The van der Waals surface area contributed by atoms with Gasteiger partial charge in [-0.1, -0.05) is 30.3 Å². The zero-order valence-corrected chi connectivity index (χ0v) is 14.2. The third kappa shape index (κ3) is 4.23. The van der Waals surface area contributed by atoms with Gasteiger partial charge in [0.25, 0.3) is 5.91 Å². The fraction of sp³-hybridized carbons (Fsp3) is 0.222. The summed E-state index contributed by atoms with van der Waals surface area (Å²) >= 11 is 1.39. The van der Waals surface area contributed by atoms with Gasteiger partial charge < -0.3 is 5.32 Å². The molecular formula is C18H18N4OS. The summed E-state index contributed by atoms with van der Waals surface area (Å²) in [5, 5.41) is 5.45. The molecule has 0 aliphatic carbocycles. The lowest BCUT2D eigenvalue weighted by molar-refractivity contribution is 0.0934. The molecule has 0 bridgehead atoms. The van der Waals surface area contributed by atoms with Crippen LogP contribution in [0.15, 0.2) is 54.3 Å². The fourth-order valence-electron chi connectivity index (χ4n) is 2.30. The molecule has 122 valence electrons. The molecule has 0 aliphatic rings. The SMILES string of the molecule is CC(CCc1ccccc1)NC(=O)c1csc(-c2cnccn2)n1. The largest absolute Gasteiger partial charge is 0.348 e. The Hall–Kier alpha value is -2.60. The van der Waals surface area contributed by atoms with Crippen molar-refractivity contribution in [2.75, 3.05) is 0 Å².